The normalized spacial score (nSPS) is 14.1. The molecule has 4 amide bonds. The molecule has 3 aromatic rings. The van der Waals surface area contributed by atoms with E-state index in [1.807, 2.05) is 31.3 Å². The van der Waals surface area contributed by atoms with E-state index >= 15 is 0 Å². The maximum atomic E-state index is 13.6. The predicted molar refractivity (Wildman–Crippen MR) is 182 cm³/mol. The minimum absolute atomic E-state index is 0.245. The number of hydrogen-bond acceptors (Lipinski definition) is 9. The second-order valence-corrected chi connectivity index (χ2v) is 12.0. The van der Waals surface area contributed by atoms with Crippen molar-refractivity contribution in [2.24, 2.45) is 0 Å². The first-order valence-electron chi connectivity index (χ1n) is 16.7. The van der Waals surface area contributed by atoms with Crippen molar-refractivity contribution in [1.29, 1.82) is 0 Å². The lowest BCUT2D eigenvalue weighted by atomic mass is 9.86. The summed E-state index contributed by atoms with van der Waals surface area (Å²) in [4.78, 5) is 56.7. The van der Waals surface area contributed by atoms with Crippen LogP contribution in [0.5, 0.6) is 5.75 Å². The Bertz CT molecular complexity index is 1540. The van der Waals surface area contributed by atoms with Crippen molar-refractivity contribution in [3.8, 4) is 5.75 Å². The van der Waals surface area contributed by atoms with E-state index < -0.39 is 11.8 Å². The maximum absolute atomic E-state index is 13.6. The highest BCUT2D eigenvalue weighted by atomic mass is 16.5. The van der Waals surface area contributed by atoms with Crippen molar-refractivity contribution in [1.82, 2.24) is 31.1 Å². The van der Waals surface area contributed by atoms with E-state index in [0.717, 1.165) is 56.8 Å². The summed E-state index contributed by atoms with van der Waals surface area (Å²) in [7, 11) is 3.59. The lowest BCUT2D eigenvalue weighted by Gasteiger charge is -2.32. The van der Waals surface area contributed by atoms with E-state index in [2.05, 4.69) is 21.3 Å². The molecule has 0 bridgehead atoms. The van der Waals surface area contributed by atoms with Crippen LogP contribution in [0.3, 0.4) is 0 Å². The number of rotatable bonds is 20. The highest BCUT2D eigenvalue weighted by Gasteiger charge is 2.39. The van der Waals surface area contributed by atoms with E-state index in [-0.39, 0.29) is 18.4 Å². The molecule has 250 valence electrons. The van der Waals surface area contributed by atoms with Crippen LogP contribution in [0.2, 0.25) is 0 Å². The molecule has 0 radical (unpaired) electrons. The number of ether oxygens (including phenoxy) is 1. The SMILES string of the molecule is CNCCCNCCCCNCCCN1C(=O)c2ccc3c4c(ccc(c24)C1=O)C(=O)N(CCCNCc1ccccc1OC)C3=O. The molecular formula is C36H46N6O5. The van der Waals surface area contributed by atoms with Crippen LogP contribution in [-0.2, 0) is 6.54 Å². The van der Waals surface area contributed by atoms with Gasteiger partial charge in [-0.1, -0.05) is 18.2 Å². The highest BCUT2D eigenvalue weighted by Crippen LogP contribution is 2.37. The van der Waals surface area contributed by atoms with Crippen molar-refractivity contribution in [3.63, 3.8) is 0 Å². The van der Waals surface area contributed by atoms with Crippen LogP contribution in [0, 0.1) is 0 Å². The predicted octanol–water partition coefficient (Wildman–Crippen LogP) is 3.18. The third-order valence-corrected chi connectivity index (χ3v) is 8.78. The number of unbranched alkanes of at least 4 members (excludes halogenated alkanes) is 1. The molecule has 0 aromatic heterocycles. The number of amides is 4. The zero-order valence-electron chi connectivity index (χ0n) is 27.5. The number of nitrogens with one attached hydrogen (secondary N) is 4. The third-order valence-electron chi connectivity index (χ3n) is 8.78. The number of carbonyl (C=O) groups is 4. The van der Waals surface area contributed by atoms with Crippen molar-refractivity contribution in [3.05, 3.63) is 76.3 Å². The molecule has 47 heavy (non-hydrogen) atoms. The monoisotopic (exact) mass is 642 g/mol. The highest BCUT2D eigenvalue weighted by molar-refractivity contribution is 6.33. The lowest BCUT2D eigenvalue weighted by molar-refractivity contribution is 0.0587. The van der Waals surface area contributed by atoms with Crippen LogP contribution >= 0.6 is 0 Å². The van der Waals surface area contributed by atoms with Crippen LogP contribution < -0.4 is 26.0 Å². The molecule has 11 heteroatoms. The standard InChI is InChI=1S/C36H46N6O5/c1-37-16-7-19-38-17-5-6-18-39-20-8-22-41-33(43)26-12-14-28-32-29(15-13-27(31(26)32)34(41)44)36(46)42(35(28)45)23-9-21-40-24-25-10-3-4-11-30(25)47-2/h3-4,10-15,37-40H,5-9,16-24H2,1-2H3. The average molecular weight is 643 g/mol. The lowest BCUT2D eigenvalue weighted by Crippen LogP contribution is -2.44. The molecule has 11 nitrogen and oxygen atoms in total. The second-order valence-electron chi connectivity index (χ2n) is 12.0. The van der Waals surface area contributed by atoms with Gasteiger partial charge in [-0.05, 0) is 109 Å². The van der Waals surface area contributed by atoms with Gasteiger partial charge in [-0.25, -0.2) is 0 Å². The fraction of sp³-hybridized carbons (Fsp3) is 0.444. The zero-order valence-corrected chi connectivity index (χ0v) is 27.5. The van der Waals surface area contributed by atoms with E-state index in [0.29, 0.717) is 72.0 Å². The Balaban J connectivity index is 1.14. The summed E-state index contributed by atoms with van der Waals surface area (Å²) >= 11 is 0. The Morgan fingerprint density at radius 2 is 1.00 bits per heavy atom. The summed E-state index contributed by atoms with van der Waals surface area (Å²) in [6, 6.07) is 14.2. The molecule has 0 unspecified atom stereocenters. The first-order chi connectivity index (χ1) is 23.0. The van der Waals surface area contributed by atoms with Gasteiger partial charge in [0.2, 0.25) is 0 Å². The van der Waals surface area contributed by atoms with Gasteiger partial charge in [0.05, 0.1) is 7.11 Å². The molecule has 0 saturated carbocycles. The fourth-order valence-corrected chi connectivity index (χ4v) is 6.32. The van der Waals surface area contributed by atoms with E-state index in [9.17, 15) is 19.2 Å². The van der Waals surface area contributed by atoms with E-state index in [1.165, 1.54) is 9.80 Å². The van der Waals surface area contributed by atoms with Gasteiger partial charge in [-0.3, -0.25) is 29.0 Å². The summed E-state index contributed by atoms with van der Waals surface area (Å²) < 4.78 is 5.40. The van der Waals surface area contributed by atoms with Crippen LogP contribution in [0.15, 0.2) is 48.5 Å². The minimum atomic E-state index is -0.408. The largest absolute Gasteiger partial charge is 0.496 e. The Morgan fingerprint density at radius 1 is 0.553 bits per heavy atom. The van der Waals surface area contributed by atoms with Crippen LogP contribution in [-0.4, -0.2) is 99.9 Å². The van der Waals surface area contributed by atoms with Crippen molar-refractivity contribution in [2.45, 2.75) is 38.6 Å². The number of nitrogens with zero attached hydrogens (tertiary/aromatic N) is 2. The Kier molecular flexibility index (Phi) is 12.1. The van der Waals surface area contributed by atoms with Gasteiger partial charge in [0.25, 0.3) is 23.6 Å². The molecule has 2 aliphatic rings. The molecule has 0 saturated heterocycles. The average Bonchev–Trinajstić information content (AvgIpc) is 3.09. The second kappa shape index (κ2) is 16.6. The number of methoxy groups -OCH3 is 1. The number of imide groups is 2. The summed E-state index contributed by atoms with van der Waals surface area (Å²) in [6.45, 7) is 6.34. The first-order valence-corrected chi connectivity index (χ1v) is 16.7. The van der Waals surface area contributed by atoms with Gasteiger partial charge in [0.15, 0.2) is 0 Å². The molecule has 0 atom stereocenters. The van der Waals surface area contributed by atoms with Crippen LogP contribution in [0.4, 0.5) is 0 Å². The summed E-state index contributed by atoms with van der Waals surface area (Å²) in [5.41, 5.74) is 2.41. The molecule has 0 fully saturated rings. The summed E-state index contributed by atoms with van der Waals surface area (Å²) in [5, 5.41) is 14.1. The first kappa shape index (κ1) is 34.2. The van der Waals surface area contributed by atoms with Gasteiger partial charge >= 0.3 is 0 Å². The summed E-state index contributed by atoms with van der Waals surface area (Å²) in [5.74, 6) is -0.794. The molecule has 3 aromatic carbocycles. The van der Waals surface area contributed by atoms with Gasteiger partial charge in [-0.15, -0.1) is 0 Å². The number of carbonyl (C=O) groups excluding carboxylic acids is 4. The van der Waals surface area contributed by atoms with Crippen LogP contribution in [0.25, 0.3) is 10.8 Å². The minimum Gasteiger partial charge on any atom is -0.496 e. The van der Waals surface area contributed by atoms with Gasteiger partial charge in [-0.2, -0.15) is 0 Å². The van der Waals surface area contributed by atoms with Gasteiger partial charge in [0, 0.05) is 58.2 Å². The van der Waals surface area contributed by atoms with E-state index in [1.54, 1.807) is 31.4 Å². The summed E-state index contributed by atoms with van der Waals surface area (Å²) in [6.07, 6.45) is 4.45. The topological polar surface area (TPSA) is 132 Å². The number of para-hydroxylation sites is 1. The number of hydrogen-bond donors (Lipinski definition) is 4. The van der Waals surface area contributed by atoms with Crippen molar-refractivity contribution < 1.29 is 23.9 Å². The molecule has 4 N–H and O–H groups in total. The Labute approximate surface area is 276 Å². The molecule has 0 spiro atoms. The molecule has 2 heterocycles. The smallest absolute Gasteiger partial charge is 0.261 e. The molecule has 5 rings (SSSR count). The quantitative estimate of drug-likeness (QED) is 0.108. The molecule has 0 aliphatic carbocycles. The number of benzene rings is 3. The van der Waals surface area contributed by atoms with E-state index in [4.69, 9.17) is 4.74 Å². The van der Waals surface area contributed by atoms with Gasteiger partial charge < -0.3 is 26.0 Å². The molecule has 2 aliphatic heterocycles. The zero-order chi connectivity index (χ0) is 33.2. The Morgan fingerprint density at radius 3 is 1.49 bits per heavy atom. The maximum Gasteiger partial charge on any atom is 0.261 e. The van der Waals surface area contributed by atoms with Crippen molar-refractivity contribution in [2.75, 3.05) is 66.5 Å². The Hall–Kier alpha value is -4.16. The third kappa shape index (κ3) is 7.70. The van der Waals surface area contributed by atoms with Gasteiger partial charge in [0.1, 0.15) is 5.75 Å². The molecular weight excluding hydrogens is 596 g/mol. The van der Waals surface area contributed by atoms with Crippen LogP contribution in [0.1, 0.15) is 79.1 Å². The van der Waals surface area contributed by atoms with Crippen molar-refractivity contribution >= 4 is 34.4 Å². The fourth-order valence-electron chi connectivity index (χ4n) is 6.32.